The number of nitrogens with two attached hydrogens (primary N) is 1. The van der Waals surface area contributed by atoms with Crippen molar-refractivity contribution in [1.82, 2.24) is 5.32 Å². The number of amides is 1. The largest absolute Gasteiger partial charge is 0.397 e. The van der Waals surface area contributed by atoms with Crippen LogP contribution in [0, 0.1) is 0 Å². The number of thioether (sulfide) groups is 1. The molecule has 0 bridgehead atoms. The van der Waals surface area contributed by atoms with Crippen LogP contribution >= 0.6 is 34.7 Å². The van der Waals surface area contributed by atoms with E-state index in [0.717, 1.165) is 28.7 Å². The lowest BCUT2D eigenvalue weighted by molar-refractivity contribution is 0.0958. The fourth-order valence-corrected chi connectivity index (χ4v) is 3.84. The topological polar surface area (TPSA) is 55.1 Å². The van der Waals surface area contributed by atoms with Crippen LogP contribution in [0.5, 0.6) is 0 Å². The van der Waals surface area contributed by atoms with Gasteiger partial charge in [-0.3, -0.25) is 4.79 Å². The van der Waals surface area contributed by atoms with E-state index in [4.69, 9.17) is 17.3 Å². The van der Waals surface area contributed by atoms with Crippen LogP contribution in [0.1, 0.15) is 22.5 Å². The van der Waals surface area contributed by atoms with Crippen molar-refractivity contribution in [2.24, 2.45) is 0 Å². The second-order valence-corrected chi connectivity index (χ2v) is 6.86. The van der Waals surface area contributed by atoms with Crippen molar-refractivity contribution >= 4 is 56.4 Å². The lowest BCUT2D eigenvalue weighted by Crippen LogP contribution is -2.24. The first-order valence-corrected chi connectivity index (χ1v) is 8.97. The molecule has 3 N–H and O–H groups in total. The molecule has 108 valence electrons. The number of halogens is 1. The maximum absolute atomic E-state index is 12.2. The number of hydrogen-bond donors (Lipinski definition) is 2. The van der Waals surface area contributed by atoms with Gasteiger partial charge < -0.3 is 11.1 Å². The highest BCUT2D eigenvalue weighted by Gasteiger charge is 2.17. The Labute approximate surface area is 131 Å². The molecule has 6 heteroatoms. The molecule has 0 atom stereocenters. The number of nitrogens with one attached hydrogen (secondary N) is 1. The van der Waals surface area contributed by atoms with E-state index in [0.29, 0.717) is 22.1 Å². The number of rotatable bonds is 6. The average Bonchev–Trinajstić information content (AvgIpc) is 2.77. The minimum atomic E-state index is -0.107. The first-order chi connectivity index (χ1) is 9.65. The molecule has 0 aliphatic heterocycles. The van der Waals surface area contributed by atoms with E-state index in [-0.39, 0.29) is 5.91 Å². The van der Waals surface area contributed by atoms with Gasteiger partial charge >= 0.3 is 0 Å². The predicted octanol–water partition coefficient (Wildman–Crippen LogP) is 4.01. The maximum atomic E-state index is 12.2. The van der Waals surface area contributed by atoms with E-state index < -0.39 is 0 Å². The third-order valence-electron chi connectivity index (χ3n) is 2.97. The van der Waals surface area contributed by atoms with Crippen LogP contribution in [0.3, 0.4) is 0 Å². The molecule has 20 heavy (non-hydrogen) atoms. The van der Waals surface area contributed by atoms with Gasteiger partial charge in [-0.05, 0) is 37.0 Å². The van der Waals surface area contributed by atoms with Gasteiger partial charge in [-0.1, -0.05) is 17.7 Å². The molecule has 0 radical (unpaired) electrons. The van der Waals surface area contributed by atoms with Gasteiger partial charge in [-0.25, -0.2) is 0 Å². The summed E-state index contributed by atoms with van der Waals surface area (Å²) < 4.78 is 0.947. The molecule has 0 fully saturated rings. The number of fused-ring (bicyclic) bond motifs is 1. The van der Waals surface area contributed by atoms with Gasteiger partial charge in [0.05, 0.1) is 10.7 Å². The van der Waals surface area contributed by atoms with Gasteiger partial charge in [0.15, 0.2) is 0 Å². The minimum absolute atomic E-state index is 0.107. The third kappa shape index (κ3) is 3.40. The molecule has 2 aromatic rings. The number of carbonyl (C=O) groups is 1. The molecule has 3 nitrogen and oxygen atoms in total. The van der Waals surface area contributed by atoms with Crippen molar-refractivity contribution < 1.29 is 4.79 Å². The van der Waals surface area contributed by atoms with Gasteiger partial charge in [0.1, 0.15) is 4.88 Å². The first-order valence-electron chi connectivity index (χ1n) is 6.38. The first kappa shape index (κ1) is 15.5. The fourth-order valence-electron chi connectivity index (χ4n) is 1.95. The second-order valence-electron chi connectivity index (χ2n) is 4.41. The second kappa shape index (κ2) is 7.20. The van der Waals surface area contributed by atoms with Gasteiger partial charge in [0, 0.05) is 16.6 Å². The highest BCUT2D eigenvalue weighted by molar-refractivity contribution is 7.98. The van der Waals surface area contributed by atoms with Crippen LogP contribution < -0.4 is 11.1 Å². The summed E-state index contributed by atoms with van der Waals surface area (Å²) in [5.41, 5.74) is 6.54. The Balaban J connectivity index is 2.07. The Morgan fingerprint density at radius 3 is 2.95 bits per heavy atom. The monoisotopic (exact) mass is 328 g/mol. The SMILES string of the molecule is CSCCCCNC(=O)c1sc2cccc(Cl)c2c1N. The molecule has 0 spiro atoms. The van der Waals surface area contributed by atoms with Crippen LogP contribution in [0.15, 0.2) is 18.2 Å². The summed E-state index contributed by atoms with van der Waals surface area (Å²) >= 11 is 9.34. The Kier molecular flexibility index (Phi) is 5.57. The van der Waals surface area contributed by atoms with Crippen LogP contribution in [-0.4, -0.2) is 24.5 Å². The molecule has 1 amide bonds. The van der Waals surface area contributed by atoms with Crippen LogP contribution in [-0.2, 0) is 0 Å². The lowest BCUT2D eigenvalue weighted by Gasteiger charge is -2.04. The molecule has 2 rings (SSSR count). The Bertz CT molecular complexity index is 612. The van der Waals surface area contributed by atoms with Crippen molar-refractivity contribution in [1.29, 1.82) is 0 Å². The van der Waals surface area contributed by atoms with E-state index in [1.165, 1.54) is 11.3 Å². The molecule has 1 heterocycles. The van der Waals surface area contributed by atoms with Crippen molar-refractivity contribution in [3.8, 4) is 0 Å². The summed E-state index contributed by atoms with van der Waals surface area (Å²) in [5, 5.41) is 4.30. The van der Waals surface area contributed by atoms with Crippen LogP contribution in [0.4, 0.5) is 5.69 Å². The predicted molar refractivity (Wildman–Crippen MR) is 91.2 cm³/mol. The number of carbonyl (C=O) groups excluding carboxylic acids is 1. The number of hydrogen-bond acceptors (Lipinski definition) is 4. The molecular formula is C14H17ClN2OS2. The van der Waals surface area contributed by atoms with Crippen LogP contribution in [0.2, 0.25) is 5.02 Å². The molecule has 1 aromatic carbocycles. The Morgan fingerprint density at radius 1 is 1.45 bits per heavy atom. The van der Waals surface area contributed by atoms with Crippen molar-refractivity contribution in [2.45, 2.75) is 12.8 Å². The molecule has 0 saturated carbocycles. The fraction of sp³-hybridized carbons (Fsp3) is 0.357. The zero-order valence-corrected chi connectivity index (χ0v) is 13.6. The molecule has 1 aromatic heterocycles. The van der Waals surface area contributed by atoms with Crippen molar-refractivity contribution in [3.63, 3.8) is 0 Å². The van der Waals surface area contributed by atoms with Gasteiger partial charge in [0.25, 0.3) is 5.91 Å². The number of thiophene rings is 1. The van der Waals surface area contributed by atoms with Crippen LogP contribution in [0.25, 0.3) is 10.1 Å². The lowest BCUT2D eigenvalue weighted by atomic mass is 10.2. The highest BCUT2D eigenvalue weighted by Crippen LogP contribution is 2.37. The minimum Gasteiger partial charge on any atom is -0.397 e. The maximum Gasteiger partial charge on any atom is 0.263 e. The Hall–Kier alpha value is -0.910. The normalized spacial score (nSPS) is 10.9. The summed E-state index contributed by atoms with van der Waals surface area (Å²) in [6.45, 7) is 0.681. The number of unbranched alkanes of at least 4 members (excludes halogenated alkanes) is 1. The van der Waals surface area contributed by atoms with E-state index in [9.17, 15) is 4.79 Å². The molecular weight excluding hydrogens is 312 g/mol. The van der Waals surface area contributed by atoms with E-state index in [1.807, 2.05) is 23.9 Å². The summed E-state index contributed by atoms with van der Waals surface area (Å²) in [6.07, 6.45) is 4.17. The van der Waals surface area contributed by atoms with Gasteiger partial charge in [-0.2, -0.15) is 11.8 Å². The van der Waals surface area contributed by atoms with Gasteiger partial charge in [-0.15, -0.1) is 11.3 Å². The van der Waals surface area contributed by atoms with E-state index in [1.54, 1.807) is 6.07 Å². The molecule has 0 saturated heterocycles. The van der Waals surface area contributed by atoms with E-state index >= 15 is 0 Å². The van der Waals surface area contributed by atoms with Gasteiger partial charge in [0.2, 0.25) is 0 Å². The van der Waals surface area contributed by atoms with Crippen molar-refractivity contribution in [3.05, 3.63) is 28.1 Å². The zero-order chi connectivity index (χ0) is 14.5. The summed E-state index contributed by atoms with van der Waals surface area (Å²) in [4.78, 5) is 12.7. The molecule has 0 aliphatic carbocycles. The molecule has 0 aliphatic rings. The standard InChI is InChI=1S/C14H17ClN2OS2/c1-19-8-3-2-7-17-14(18)13-12(16)11-9(15)5-4-6-10(11)20-13/h4-6H,2-3,7-8,16H2,1H3,(H,17,18). The van der Waals surface area contributed by atoms with Crippen molar-refractivity contribution in [2.75, 3.05) is 24.3 Å². The quantitative estimate of drug-likeness (QED) is 0.788. The summed E-state index contributed by atoms with van der Waals surface area (Å²) in [6, 6.07) is 5.58. The molecule has 0 unspecified atom stereocenters. The summed E-state index contributed by atoms with van der Waals surface area (Å²) in [7, 11) is 0. The highest BCUT2D eigenvalue weighted by atomic mass is 35.5. The Morgan fingerprint density at radius 2 is 2.25 bits per heavy atom. The van der Waals surface area contributed by atoms with E-state index in [2.05, 4.69) is 11.6 Å². The summed E-state index contributed by atoms with van der Waals surface area (Å²) in [5.74, 6) is 1.01. The number of benzene rings is 1. The average molecular weight is 329 g/mol. The third-order valence-corrected chi connectivity index (χ3v) is 5.15. The number of anilines is 1. The smallest absolute Gasteiger partial charge is 0.263 e. The zero-order valence-electron chi connectivity index (χ0n) is 11.2. The number of nitrogen functional groups attached to an aromatic ring is 1.